The Kier molecular flexibility index (Phi) is 5.06. The summed E-state index contributed by atoms with van der Waals surface area (Å²) in [7, 11) is 0. The molecule has 0 amide bonds. The molecule has 0 aliphatic heterocycles. The molecule has 15 heavy (non-hydrogen) atoms. The highest BCUT2D eigenvalue weighted by Crippen LogP contribution is 2.19. The van der Waals surface area contributed by atoms with Gasteiger partial charge in [-0.15, -0.1) is 0 Å². The van der Waals surface area contributed by atoms with Crippen molar-refractivity contribution < 1.29 is 4.39 Å². The van der Waals surface area contributed by atoms with E-state index in [0.29, 0.717) is 11.4 Å². The first-order valence-corrected chi connectivity index (χ1v) is 5.70. The van der Waals surface area contributed by atoms with E-state index < -0.39 is 0 Å². The zero-order chi connectivity index (χ0) is 11.3. The normalized spacial score (nSPS) is 12.8. The van der Waals surface area contributed by atoms with Crippen LogP contribution in [0, 0.1) is 5.82 Å². The zero-order valence-electron chi connectivity index (χ0n) is 8.97. The van der Waals surface area contributed by atoms with Gasteiger partial charge >= 0.3 is 0 Å². The van der Waals surface area contributed by atoms with Crippen LogP contribution in [0.25, 0.3) is 0 Å². The molecule has 0 fully saturated rings. The molecule has 0 spiro atoms. The molecule has 0 radical (unpaired) electrons. The molecule has 1 aromatic carbocycles. The SMILES string of the molecule is CCCCC(N)Cc1cc(F)ccc1Cl. The van der Waals surface area contributed by atoms with Crippen molar-refractivity contribution in [1.29, 1.82) is 0 Å². The van der Waals surface area contributed by atoms with Crippen LogP contribution in [0.2, 0.25) is 5.02 Å². The maximum atomic E-state index is 13.0. The van der Waals surface area contributed by atoms with Crippen LogP contribution in [0.15, 0.2) is 18.2 Å². The lowest BCUT2D eigenvalue weighted by Gasteiger charge is -2.12. The number of halogens is 2. The van der Waals surface area contributed by atoms with E-state index >= 15 is 0 Å². The summed E-state index contributed by atoms with van der Waals surface area (Å²) >= 11 is 5.95. The molecule has 0 bridgehead atoms. The smallest absolute Gasteiger partial charge is 0.123 e. The van der Waals surface area contributed by atoms with E-state index in [-0.39, 0.29) is 11.9 Å². The van der Waals surface area contributed by atoms with E-state index in [2.05, 4.69) is 6.92 Å². The predicted octanol–water partition coefficient (Wildman–Crippen LogP) is 3.54. The van der Waals surface area contributed by atoms with Crippen molar-refractivity contribution in [2.45, 2.75) is 38.6 Å². The number of unbranched alkanes of at least 4 members (excludes halogenated alkanes) is 1. The molecule has 0 saturated heterocycles. The van der Waals surface area contributed by atoms with Gasteiger partial charge in [-0.1, -0.05) is 31.4 Å². The third kappa shape index (κ3) is 4.18. The molecule has 2 N–H and O–H groups in total. The molecule has 0 aliphatic rings. The second-order valence-electron chi connectivity index (χ2n) is 3.84. The van der Waals surface area contributed by atoms with Crippen molar-refractivity contribution in [1.82, 2.24) is 0 Å². The van der Waals surface area contributed by atoms with Gasteiger partial charge < -0.3 is 5.73 Å². The number of hydrogen-bond acceptors (Lipinski definition) is 1. The Morgan fingerprint density at radius 1 is 1.47 bits per heavy atom. The highest BCUT2D eigenvalue weighted by molar-refractivity contribution is 6.31. The van der Waals surface area contributed by atoms with Gasteiger partial charge in [0.2, 0.25) is 0 Å². The molecular formula is C12H17ClFN. The number of benzene rings is 1. The Hall–Kier alpha value is -0.600. The Morgan fingerprint density at radius 3 is 2.87 bits per heavy atom. The minimum absolute atomic E-state index is 0.0734. The summed E-state index contributed by atoms with van der Waals surface area (Å²) < 4.78 is 13.0. The van der Waals surface area contributed by atoms with Gasteiger partial charge in [-0.05, 0) is 36.6 Å². The average molecular weight is 230 g/mol. The fourth-order valence-electron chi connectivity index (χ4n) is 1.55. The predicted molar refractivity (Wildman–Crippen MR) is 62.6 cm³/mol. The van der Waals surface area contributed by atoms with Crippen LogP contribution in [0.3, 0.4) is 0 Å². The molecule has 0 aromatic heterocycles. The molecule has 1 unspecified atom stereocenters. The van der Waals surface area contributed by atoms with Crippen LogP contribution in [0.5, 0.6) is 0 Å². The quantitative estimate of drug-likeness (QED) is 0.821. The molecule has 0 aliphatic carbocycles. The average Bonchev–Trinajstić information content (AvgIpc) is 2.20. The van der Waals surface area contributed by atoms with E-state index in [1.54, 1.807) is 6.07 Å². The van der Waals surface area contributed by atoms with Crippen LogP contribution in [0.1, 0.15) is 31.7 Å². The maximum Gasteiger partial charge on any atom is 0.123 e. The molecule has 0 saturated carbocycles. The summed E-state index contributed by atoms with van der Waals surface area (Å²) in [5, 5.41) is 0.600. The van der Waals surface area contributed by atoms with Gasteiger partial charge in [0.1, 0.15) is 5.82 Å². The molecule has 1 rings (SSSR count). The molecule has 1 atom stereocenters. The summed E-state index contributed by atoms with van der Waals surface area (Å²) in [6, 6.07) is 4.49. The fraction of sp³-hybridized carbons (Fsp3) is 0.500. The minimum Gasteiger partial charge on any atom is -0.327 e. The van der Waals surface area contributed by atoms with Gasteiger partial charge in [0, 0.05) is 11.1 Å². The van der Waals surface area contributed by atoms with Gasteiger partial charge in [0.15, 0.2) is 0 Å². The fourth-order valence-corrected chi connectivity index (χ4v) is 1.75. The zero-order valence-corrected chi connectivity index (χ0v) is 9.73. The van der Waals surface area contributed by atoms with Crippen LogP contribution in [0.4, 0.5) is 4.39 Å². The minimum atomic E-state index is -0.253. The van der Waals surface area contributed by atoms with E-state index in [1.807, 2.05) is 0 Å². The number of rotatable bonds is 5. The lowest BCUT2D eigenvalue weighted by atomic mass is 10.0. The second kappa shape index (κ2) is 6.09. The van der Waals surface area contributed by atoms with Crippen molar-refractivity contribution in [3.63, 3.8) is 0 Å². The standard InChI is InChI=1S/C12H17ClFN/c1-2-3-4-11(15)8-9-7-10(14)5-6-12(9)13/h5-7,11H,2-4,8,15H2,1H3. The van der Waals surface area contributed by atoms with Crippen molar-refractivity contribution >= 4 is 11.6 Å². The largest absolute Gasteiger partial charge is 0.327 e. The highest BCUT2D eigenvalue weighted by atomic mass is 35.5. The molecule has 1 nitrogen and oxygen atoms in total. The molecular weight excluding hydrogens is 213 g/mol. The Morgan fingerprint density at radius 2 is 2.20 bits per heavy atom. The summed E-state index contributed by atoms with van der Waals surface area (Å²) in [6.45, 7) is 2.13. The first-order chi connectivity index (χ1) is 7.13. The number of nitrogens with two attached hydrogens (primary N) is 1. The Balaban J connectivity index is 2.59. The van der Waals surface area contributed by atoms with Crippen LogP contribution in [-0.2, 0) is 6.42 Å². The van der Waals surface area contributed by atoms with E-state index in [1.165, 1.54) is 12.1 Å². The molecule has 0 heterocycles. The van der Waals surface area contributed by atoms with Crippen LogP contribution >= 0.6 is 11.6 Å². The van der Waals surface area contributed by atoms with Crippen molar-refractivity contribution in [3.8, 4) is 0 Å². The van der Waals surface area contributed by atoms with E-state index in [9.17, 15) is 4.39 Å². The maximum absolute atomic E-state index is 13.0. The number of hydrogen-bond donors (Lipinski definition) is 1. The van der Waals surface area contributed by atoms with Crippen molar-refractivity contribution in [2.75, 3.05) is 0 Å². The third-order valence-corrected chi connectivity index (χ3v) is 2.79. The van der Waals surface area contributed by atoms with Crippen molar-refractivity contribution in [2.24, 2.45) is 5.73 Å². The van der Waals surface area contributed by atoms with Gasteiger partial charge in [0.05, 0.1) is 0 Å². The van der Waals surface area contributed by atoms with Gasteiger partial charge in [-0.2, -0.15) is 0 Å². The lowest BCUT2D eigenvalue weighted by Crippen LogP contribution is -2.22. The highest BCUT2D eigenvalue weighted by Gasteiger charge is 2.07. The summed E-state index contributed by atoms with van der Waals surface area (Å²) in [5.41, 5.74) is 6.74. The Bertz CT molecular complexity index is 314. The monoisotopic (exact) mass is 229 g/mol. The van der Waals surface area contributed by atoms with Gasteiger partial charge in [-0.3, -0.25) is 0 Å². The third-order valence-electron chi connectivity index (χ3n) is 2.42. The van der Waals surface area contributed by atoms with Crippen LogP contribution in [-0.4, -0.2) is 6.04 Å². The second-order valence-corrected chi connectivity index (χ2v) is 4.25. The first kappa shape index (κ1) is 12.5. The molecule has 3 heteroatoms. The Labute approximate surface area is 95.4 Å². The van der Waals surface area contributed by atoms with E-state index in [0.717, 1.165) is 24.8 Å². The van der Waals surface area contributed by atoms with Gasteiger partial charge in [0.25, 0.3) is 0 Å². The van der Waals surface area contributed by atoms with Gasteiger partial charge in [-0.25, -0.2) is 4.39 Å². The van der Waals surface area contributed by atoms with Crippen LogP contribution < -0.4 is 5.73 Å². The van der Waals surface area contributed by atoms with E-state index in [4.69, 9.17) is 17.3 Å². The molecule has 1 aromatic rings. The summed E-state index contributed by atoms with van der Waals surface area (Å²) in [5.74, 6) is -0.253. The summed E-state index contributed by atoms with van der Waals surface area (Å²) in [6.07, 6.45) is 3.85. The molecule has 84 valence electrons. The van der Waals surface area contributed by atoms with Crippen molar-refractivity contribution in [3.05, 3.63) is 34.6 Å². The topological polar surface area (TPSA) is 26.0 Å². The summed E-state index contributed by atoms with van der Waals surface area (Å²) in [4.78, 5) is 0. The first-order valence-electron chi connectivity index (χ1n) is 5.33. The lowest BCUT2D eigenvalue weighted by molar-refractivity contribution is 0.570.